The molecule has 1 heterocycles. The lowest BCUT2D eigenvalue weighted by Crippen LogP contribution is -2.45. The summed E-state index contributed by atoms with van der Waals surface area (Å²) in [7, 11) is 0. The smallest absolute Gasteiger partial charge is 0.223 e. The van der Waals surface area contributed by atoms with Gasteiger partial charge in [0.25, 0.3) is 0 Å². The molecule has 1 rings (SSSR count). The molecule has 0 aromatic heterocycles. The summed E-state index contributed by atoms with van der Waals surface area (Å²) in [5.74, 6) is 0.255. The molecule has 18 heavy (non-hydrogen) atoms. The summed E-state index contributed by atoms with van der Waals surface area (Å²) in [5, 5.41) is 6.49. The van der Waals surface area contributed by atoms with Crippen molar-refractivity contribution >= 4 is 18.3 Å². The zero-order chi connectivity index (χ0) is 13.1. The van der Waals surface area contributed by atoms with Gasteiger partial charge in [-0.05, 0) is 36.8 Å². The van der Waals surface area contributed by atoms with E-state index in [0.29, 0.717) is 0 Å². The fraction of sp³-hybridized carbons (Fsp3) is 0.929. The van der Waals surface area contributed by atoms with Gasteiger partial charge in [0.2, 0.25) is 5.91 Å². The van der Waals surface area contributed by atoms with Crippen molar-refractivity contribution in [3.05, 3.63) is 0 Å². The summed E-state index contributed by atoms with van der Waals surface area (Å²) in [5.41, 5.74) is 0.317. The molecule has 1 fully saturated rings. The zero-order valence-electron chi connectivity index (χ0n) is 12.4. The number of halogens is 1. The molecule has 4 heteroatoms. The minimum atomic E-state index is 0. The molecule has 1 aliphatic heterocycles. The van der Waals surface area contributed by atoms with Gasteiger partial charge in [0, 0.05) is 12.5 Å². The monoisotopic (exact) mass is 276 g/mol. The summed E-state index contributed by atoms with van der Waals surface area (Å²) in [4.78, 5) is 12.0. The van der Waals surface area contributed by atoms with Crippen molar-refractivity contribution in [1.29, 1.82) is 0 Å². The van der Waals surface area contributed by atoms with Gasteiger partial charge >= 0.3 is 0 Å². The standard InChI is InChI=1S/C14H28N2O.ClH/c1-11(13(2,3)4)12(17)16-10-14(5)6-8-15-9-7-14;/h11,15H,6-10H2,1-5H3,(H,16,17);1H. The normalized spacial score (nSPS) is 20.7. The van der Waals surface area contributed by atoms with Gasteiger partial charge in [0.1, 0.15) is 0 Å². The highest BCUT2D eigenvalue weighted by Gasteiger charge is 2.30. The minimum absolute atomic E-state index is 0. The summed E-state index contributed by atoms with van der Waals surface area (Å²) in [6, 6.07) is 0. The molecule has 0 aliphatic carbocycles. The molecule has 0 spiro atoms. The van der Waals surface area contributed by atoms with Crippen molar-refractivity contribution in [2.75, 3.05) is 19.6 Å². The number of carbonyl (C=O) groups is 1. The second-order valence-electron chi connectivity index (χ2n) is 6.87. The van der Waals surface area contributed by atoms with Gasteiger partial charge in [-0.25, -0.2) is 0 Å². The quantitative estimate of drug-likeness (QED) is 0.832. The van der Waals surface area contributed by atoms with E-state index in [-0.39, 0.29) is 35.1 Å². The first kappa shape index (κ1) is 17.7. The fourth-order valence-electron chi connectivity index (χ4n) is 2.05. The van der Waals surface area contributed by atoms with E-state index in [1.807, 2.05) is 6.92 Å². The first-order chi connectivity index (χ1) is 7.75. The molecule has 108 valence electrons. The van der Waals surface area contributed by atoms with Crippen LogP contribution in [0.15, 0.2) is 0 Å². The average molecular weight is 277 g/mol. The number of hydrogen-bond acceptors (Lipinski definition) is 2. The molecule has 0 radical (unpaired) electrons. The molecule has 0 bridgehead atoms. The molecular weight excluding hydrogens is 248 g/mol. The van der Waals surface area contributed by atoms with Gasteiger partial charge in [-0.1, -0.05) is 34.6 Å². The van der Waals surface area contributed by atoms with Crippen LogP contribution in [0.5, 0.6) is 0 Å². The number of piperidine rings is 1. The molecule has 1 saturated heterocycles. The van der Waals surface area contributed by atoms with Crippen molar-refractivity contribution in [1.82, 2.24) is 10.6 Å². The van der Waals surface area contributed by atoms with Crippen LogP contribution in [0.1, 0.15) is 47.5 Å². The topological polar surface area (TPSA) is 41.1 Å². The molecule has 0 aromatic rings. The van der Waals surface area contributed by atoms with Crippen LogP contribution in [-0.2, 0) is 4.79 Å². The Morgan fingerprint density at radius 1 is 1.33 bits per heavy atom. The summed E-state index contributed by atoms with van der Waals surface area (Å²) >= 11 is 0. The Bertz CT molecular complexity index is 267. The van der Waals surface area contributed by atoms with Crippen LogP contribution in [0.2, 0.25) is 0 Å². The SMILES string of the molecule is CC(C(=O)NCC1(C)CCNCC1)C(C)(C)C.Cl. The molecule has 1 aliphatic rings. The molecule has 1 amide bonds. The minimum Gasteiger partial charge on any atom is -0.355 e. The van der Waals surface area contributed by atoms with E-state index in [2.05, 4.69) is 38.3 Å². The molecule has 0 aromatic carbocycles. The predicted molar refractivity (Wildman–Crippen MR) is 79.1 cm³/mol. The van der Waals surface area contributed by atoms with Gasteiger partial charge in [0.15, 0.2) is 0 Å². The highest BCUT2D eigenvalue weighted by Crippen LogP contribution is 2.28. The Hall–Kier alpha value is -0.280. The lowest BCUT2D eigenvalue weighted by atomic mass is 9.79. The van der Waals surface area contributed by atoms with Crippen LogP contribution in [0.25, 0.3) is 0 Å². The summed E-state index contributed by atoms with van der Waals surface area (Å²) < 4.78 is 0. The number of rotatable bonds is 3. The van der Waals surface area contributed by atoms with E-state index >= 15 is 0 Å². The van der Waals surface area contributed by atoms with Crippen molar-refractivity contribution < 1.29 is 4.79 Å². The second-order valence-corrected chi connectivity index (χ2v) is 6.87. The Balaban J connectivity index is 0.00000289. The van der Waals surface area contributed by atoms with E-state index < -0.39 is 0 Å². The van der Waals surface area contributed by atoms with Crippen LogP contribution in [0.4, 0.5) is 0 Å². The van der Waals surface area contributed by atoms with E-state index in [1.54, 1.807) is 0 Å². The van der Waals surface area contributed by atoms with E-state index in [1.165, 1.54) is 0 Å². The van der Waals surface area contributed by atoms with Crippen LogP contribution < -0.4 is 10.6 Å². The summed E-state index contributed by atoms with van der Waals surface area (Å²) in [6.07, 6.45) is 2.30. The van der Waals surface area contributed by atoms with Gasteiger partial charge < -0.3 is 10.6 Å². The number of carbonyl (C=O) groups excluding carboxylic acids is 1. The van der Waals surface area contributed by atoms with Crippen molar-refractivity contribution in [3.63, 3.8) is 0 Å². The van der Waals surface area contributed by atoms with Crippen LogP contribution in [-0.4, -0.2) is 25.5 Å². The lowest BCUT2D eigenvalue weighted by Gasteiger charge is -2.35. The third kappa shape index (κ3) is 5.15. The third-order valence-electron chi connectivity index (χ3n) is 4.19. The molecule has 0 saturated carbocycles. The summed E-state index contributed by atoms with van der Waals surface area (Å²) in [6.45, 7) is 13.6. The Morgan fingerprint density at radius 2 is 1.83 bits per heavy atom. The lowest BCUT2D eigenvalue weighted by molar-refractivity contribution is -0.128. The first-order valence-electron chi connectivity index (χ1n) is 6.73. The number of amides is 1. The van der Waals surface area contributed by atoms with Crippen LogP contribution in [0, 0.1) is 16.7 Å². The molecule has 2 N–H and O–H groups in total. The first-order valence-corrected chi connectivity index (χ1v) is 6.73. The fourth-order valence-corrected chi connectivity index (χ4v) is 2.05. The third-order valence-corrected chi connectivity index (χ3v) is 4.19. The largest absolute Gasteiger partial charge is 0.355 e. The molecular formula is C14H29ClN2O. The Labute approximate surface area is 118 Å². The molecule has 1 unspecified atom stereocenters. The Morgan fingerprint density at radius 3 is 2.28 bits per heavy atom. The van der Waals surface area contributed by atoms with E-state index in [4.69, 9.17) is 0 Å². The van der Waals surface area contributed by atoms with E-state index in [9.17, 15) is 4.79 Å². The number of nitrogens with one attached hydrogen (secondary N) is 2. The van der Waals surface area contributed by atoms with Gasteiger partial charge in [0.05, 0.1) is 0 Å². The number of hydrogen-bond donors (Lipinski definition) is 2. The zero-order valence-corrected chi connectivity index (χ0v) is 13.2. The van der Waals surface area contributed by atoms with Crippen molar-refractivity contribution in [3.8, 4) is 0 Å². The maximum absolute atomic E-state index is 12.0. The maximum Gasteiger partial charge on any atom is 0.223 e. The second kappa shape index (κ2) is 6.76. The molecule has 3 nitrogen and oxygen atoms in total. The van der Waals surface area contributed by atoms with Gasteiger partial charge in [-0.2, -0.15) is 0 Å². The molecule has 1 atom stereocenters. The van der Waals surface area contributed by atoms with Crippen molar-refractivity contribution in [2.45, 2.75) is 47.5 Å². The van der Waals surface area contributed by atoms with Crippen LogP contribution >= 0.6 is 12.4 Å². The average Bonchev–Trinajstić information content (AvgIpc) is 2.25. The van der Waals surface area contributed by atoms with Gasteiger partial charge in [-0.15, -0.1) is 12.4 Å². The van der Waals surface area contributed by atoms with E-state index in [0.717, 1.165) is 32.5 Å². The van der Waals surface area contributed by atoms with Crippen molar-refractivity contribution in [2.24, 2.45) is 16.7 Å². The highest BCUT2D eigenvalue weighted by atomic mass is 35.5. The predicted octanol–water partition coefficient (Wildman–Crippen LogP) is 2.60. The maximum atomic E-state index is 12.0. The Kier molecular flexibility index (Phi) is 6.66. The highest BCUT2D eigenvalue weighted by molar-refractivity contribution is 5.85. The van der Waals surface area contributed by atoms with Gasteiger partial charge in [-0.3, -0.25) is 4.79 Å². The van der Waals surface area contributed by atoms with Crippen LogP contribution in [0.3, 0.4) is 0 Å².